The molecule has 1 amide bonds. The Bertz CT molecular complexity index is 337. The van der Waals surface area contributed by atoms with E-state index in [2.05, 4.69) is 31.0 Å². The van der Waals surface area contributed by atoms with Crippen LogP contribution in [0.25, 0.3) is 0 Å². The zero-order valence-electron chi connectivity index (χ0n) is 12.6. The smallest absolute Gasteiger partial charge is 0.241 e. The minimum absolute atomic E-state index is 0.0648. The van der Waals surface area contributed by atoms with E-state index in [4.69, 9.17) is 0 Å². The Hall–Kier alpha value is -0.570. The largest absolute Gasteiger partial charge is 0.322 e. The molecule has 1 aliphatic heterocycles. The number of nitrogens with one attached hydrogen (secondary N) is 1. The summed E-state index contributed by atoms with van der Waals surface area (Å²) in [7, 11) is 0. The third-order valence-electron chi connectivity index (χ3n) is 5.36. The molecule has 0 bridgehead atoms. The summed E-state index contributed by atoms with van der Waals surface area (Å²) in [6, 6.07) is 0.619. The number of carbonyl (C=O) groups excluding carboxylic acids is 1. The van der Waals surface area contributed by atoms with Crippen molar-refractivity contribution in [3.63, 3.8) is 0 Å². The summed E-state index contributed by atoms with van der Waals surface area (Å²) in [5.41, 5.74) is 0. The van der Waals surface area contributed by atoms with Crippen LogP contribution in [-0.4, -0.2) is 29.1 Å². The standard InChI is InChI=1S/C16H28N2O/c1-4-10(3)14-16(19)18(13(5-2)17-14)15(11-6-7-11)12-8-9-12/h10-15,17H,4-9H2,1-3H3. The lowest BCUT2D eigenvalue weighted by Crippen LogP contribution is -2.46. The second kappa shape index (κ2) is 5.08. The number of carbonyl (C=O) groups is 1. The first-order chi connectivity index (χ1) is 9.17. The highest BCUT2D eigenvalue weighted by Gasteiger charge is 2.52. The van der Waals surface area contributed by atoms with Crippen LogP contribution in [0.4, 0.5) is 0 Å². The molecule has 1 saturated heterocycles. The minimum Gasteiger partial charge on any atom is -0.322 e. The van der Waals surface area contributed by atoms with E-state index in [9.17, 15) is 4.79 Å². The summed E-state index contributed by atoms with van der Waals surface area (Å²) >= 11 is 0. The van der Waals surface area contributed by atoms with Gasteiger partial charge in [0.05, 0.1) is 12.2 Å². The lowest BCUT2D eigenvalue weighted by Gasteiger charge is -2.33. The summed E-state index contributed by atoms with van der Waals surface area (Å²) in [6.07, 6.45) is 7.77. The first-order valence-corrected chi connectivity index (χ1v) is 8.25. The van der Waals surface area contributed by atoms with Crippen LogP contribution in [0.3, 0.4) is 0 Å². The highest BCUT2D eigenvalue weighted by Crippen LogP contribution is 2.48. The average Bonchev–Trinajstić information content (AvgIpc) is 3.30. The van der Waals surface area contributed by atoms with Crippen molar-refractivity contribution in [2.45, 2.75) is 77.5 Å². The van der Waals surface area contributed by atoms with Gasteiger partial charge in [-0.3, -0.25) is 10.1 Å². The molecule has 0 radical (unpaired) electrons. The summed E-state index contributed by atoms with van der Waals surface area (Å²) < 4.78 is 0. The van der Waals surface area contributed by atoms with Crippen molar-refractivity contribution in [1.29, 1.82) is 0 Å². The molecule has 3 nitrogen and oxygen atoms in total. The van der Waals surface area contributed by atoms with E-state index in [0.29, 0.717) is 17.9 Å². The first-order valence-electron chi connectivity index (χ1n) is 8.25. The van der Waals surface area contributed by atoms with Crippen LogP contribution in [0.2, 0.25) is 0 Å². The van der Waals surface area contributed by atoms with Crippen LogP contribution in [0.5, 0.6) is 0 Å². The van der Waals surface area contributed by atoms with Crippen LogP contribution >= 0.6 is 0 Å². The number of rotatable bonds is 6. The highest BCUT2D eigenvalue weighted by molar-refractivity contribution is 5.85. The van der Waals surface area contributed by atoms with Gasteiger partial charge in [0.25, 0.3) is 0 Å². The lowest BCUT2D eigenvalue weighted by molar-refractivity contribution is -0.134. The molecule has 0 aromatic carbocycles. The van der Waals surface area contributed by atoms with Crippen LogP contribution in [0.15, 0.2) is 0 Å². The van der Waals surface area contributed by atoms with Crippen LogP contribution < -0.4 is 5.32 Å². The molecule has 19 heavy (non-hydrogen) atoms. The molecule has 3 unspecified atom stereocenters. The Kier molecular flexibility index (Phi) is 3.59. The summed E-state index contributed by atoms with van der Waals surface area (Å²) in [5.74, 6) is 2.46. The van der Waals surface area contributed by atoms with Crippen molar-refractivity contribution in [3.05, 3.63) is 0 Å². The van der Waals surface area contributed by atoms with Crippen molar-refractivity contribution < 1.29 is 4.79 Å². The van der Waals surface area contributed by atoms with Gasteiger partial charge in [-0.05, 0) is 49.9 Å². The molecular weight excluding hydrogens is 236 g/mol. The Labute approximate surface area is 117 Å². The third-order valence-corrected chi connectivity index (χ3v) is 5.36. The van der Waals surface area contributed by atoms with Gasteiger partial charge in [-0.1, -0.05) is 27.2 Å². The molecule has 2 saturated carbocycles. The molecule has 0 aromatic heterocycles. The summed E-state index contributed by atoms with van der Waals surface area (Å²) in [5, 5.41) is 3.61. The molecule has 3 fully saturated rings. The van der Waals surface area contributed by atoms with Gasteiger partial charge >= 0.3 is 0 Å². The maximum absolute atomic E-state index is 12.8. The Morgan fingerprint density at radius 3 is 2.21 bits per heavy atom. The van der Waals surface area contributed by atoms with E-state index >= 15 is 0 Å². The minimum atomic E-state index is 0.0648. The zero-order chi connectivity index (χ0) is 13.6. The molecule has 0 aromatic rings. The number of nitrogens with zero attached hydrogens (tertiary/aromatic N) is 1. The second-order valence-corrected chi connectivity index (χ2v) is 6.86. The third kappa shape index (κ3) is 2.42. The quantitative estimate of drug-likeness (QED) is 0.800. The van der Waals surface area contributed by atoms with E-state index in [-0.39, 0.29) is 12.2 Å². The molecule has 3 aliphatic rings. The van der Waals surface area contributed by atoms with Gasteiger partial charge in [0.1, 0.15) is 0 Å². The van der Waals surface area contributed by atoms with Crippen molar-refractivity contribution in [2.24, 2.45) is 17.8 Å². The first kappa shape index (κ1) is 13.4. The second-order valence-electron chi connectivity index (χ2n) is 6.86. The normalized spacial score (nSPS) is 33.3. The van der Waals surface area contributed by atoms with E-state index in [0.717, 1.165) is 24.7 Å². The molecule has 3 rings (SSSR count). The van der Waals surface area contributed by atoms with Crippen molar-refractivity contribution in [1.82, 2.24) is 10.2 Å². The Balaban J connectivity index is 1.79. The maximum atomic E-state index is 12.8. The van der Waals surface area contributed by atoms with Gasteiger partial charge in [-0.25, -0.2) is 0 Å². The SMILES string of the molecule is CCC(C)C1NC(CC)N(C(C2CC2)C2CC2)C1=O. The summed E-state index contributed by atoms with van der Waals surface area (Å²) in [4.78, 5) is 15.1. The van der Waals surface area contributed by atoms with E-state index in [1.165, 1.54) is 25.7 Å². The van der Waals surface area contributed by atoms with Gasteiger partial charge in [0.15, 0.2) is 0 Å². The Morgan fingerprint density at radius 2 is 1.79 bits per heavy atom. The lowest BCUT2D eigenvalue weighted by atomic mass is 9.98. The predicted octanol–water partition coefficient (Wildman–Crippen LogP) is 2.76. The van der Waals surface area contributed by atoms with Crippen LogP contribution in [0.1, 0.15) is 59.3 Å². The molecule has 0 spiro atoms. The van der Waals surface area contributed by atoms with E-state index < -0.39 is 0 Å². The van der Waals surface area contributed by atoms with Gasteiger partial charge in [-0.15, -0.1) is 0 Å². The van der Waals surface area contributed by atoms with Crippen molar-refractivity contribution in [2.75, 3.05) is 0 Å². The predicted molar refractivity (Wildman–Crippen MR) is 76.5 cm³/mol. The molecule has 108 valence electrons. The molecular formula is C16H28N2O. The van der Waals surface area contributed by atoms with Crippen LogP contribution in [-0.2, 0) is 4.79 Å². The number of hydrogen-bond acceptors (Lipinski definition) is 2. The van der Waals surface area contributed by atoms with Gasteiger partial charge in [-0.2, -0.15) is 0 Å². The fraction of sp³-hybridized carbons (Fsp3) is 0.938. The molecule has 3 atom stereocenters. The molecule has 2 aliphatic carbocycles. The number of hydrogen-bond donors (Lipinski definition) is 1. The van der Waals surface area contributed by atoms with Gasteiger partial charge in [0, 0.05) is 6.04 Å². The van der Waals surface area contributed by atoms with Crippen LogP contribution in [0, 0.1) is 17.8 Å². The fourth-order valence-electron chi connectivity index (χ4n) is 3.70. The van der Waals surface area contributed by atoms with Gasteiger partial charge < -0.3 is 4.90 Å². The van der Waals surface area contributed by atoms with Crippen molar-refractivity contribution >= 4 is 5.91 Å². The van der Waals surface area contributed by atoms with Crippen molar-refractivity contribution in [3.8, 4) is 0 Å². The molecule has 3 heteroatoms. The number of amides is 1. The fourth-order valence-corrected chi connectivity index (χ4v) is 3.70. The Morgan fingerprint density at radius 1 is 1.21 bits per heavy atom. The zero-order valence-corrected chi connectivity index (χ0v) is 12.6. The molecule has 1 heterocycles. The monoisotopic (exact) mass is 264 g/mol. The topological polar surface area (TPSA) is 32.3 Å². The highest BCUT2D eigenvalue weighted by atomic mass is 16.2. The molecule has 1 N–H and O–H groups in total. The summed E-state index contributed by atoms with van der Waals surface area (Å²) in [6.45, 7) is 6.59. The average molecular weight is 264 g/mol. The van der Waals surface area contributed by atoms with Gasteiger partial charge in [0.2, 0.25) is 5.91 Å². The van der Waals surface area contributed by atoms with E-state index in [1.54, 1.807) is 0 Å². The maximum Gasteiger partial charge on any atom is 0.241 e. The van der Waals surface area contributed by atoms with E-state index in [1.807, 2.05) is 0 Å².